The third kappa shape index (κ3) is 5.37. The molecule has 0 amide bonds. The van der Waals surface area contributed by atoms with Gasteiger partial charge in [-0.25, -0.2) is 0 Å². The summed E-state index contributed by atoms with van der Waals surface area (Å²) in [6.07, 6.45) is 3.12. The average molecular weight is 487 g/mol. The van der Waals surface area contributed by atoms with Crippen molar-refractivity contribution < 1.29 is 5.11 Å². The van der Waals surface area contributed by atoms with Crippen LogP contribution in [0.15, 0.2) is 115 Å². The van der Waals surface area contributed by atoms with Crippen LogP contribution in [0.25, 0.3) is 11.1 Å². The molecule has 3 heteroatoms. The quantitative estimate of drug-likeness (QED) is 0.294. The second-order valence-corrected chi connectivity index (χ2v) is 10.2. The molecule has 0 spiro atoms. The second-order valence-electron chi connectivity index (χ2n) is 10.2. The molecule has 1 aliphatic heterocycles. The Balaban J connectivity index is 1.21. The molecule has 1 saturated heterocycles. The van der Waals surface area contributed by atoms with Gasteiger partial charge in [0.25, 0.3) is 0 Å². The number of benzene rings is 4. The molecular formula is C34H34N2O. The first kappa shape index (κ1) is 25.0. The Hall–Kier alpha value is -3.71. The van der Waals surface area contributed by atoms with Gasteiger partial charge in [0.1, 0.15) is 5.41 Å². The Morgan fingerprint density at radius 1 is 0.703 bits per heavy atom. The van der Waals surface area contributed by atoms with E-state index in [4.69, 9.17) is 0 Å². The number of aliphatic hydroxyl groups is 1. The van der Waals surface area contributed by atoms with Gasteiger partial charge in [-0.15, -0.1) is 0 Å². The highest BCUT2D eigenvalue weighted by Gasteiger charge is 2.36. The minimum absolute atomic E-state index is 0.653. The van der Waals surface area contributed by atoms with Crippen molar-refractivity contribution in [2.75, 3.05) is 19.6 Å². The van der Waals surface area contributed by atoms with Crippen LogP contribution in [0.3, 0.4) is 0 Å². The molecule has 0 aromatic heterocycles. The molecule has 0 saturated carbocycles. The van der Waals surface area contributed by atoms with E-state index in [9.17, 15) is 10.4 Å². The standard InChI is InChI=1S/C34H34N2O/c35-27-33(30-13-6-2-7-14-30,31-15-8-3-9-16-31)21-10-24-36-25-22-34(37,23-26-36)32-19-17-29(18-20-32)28-11-4-1-5-12-28/h1-9,11-20,37H,10,21-26H2. The summed E-state index contributed by atoms with van der Waals surface area (Å²) in [4.78, 5) is 2.44. The lowest BCUT2D eigenvalue weighted by molar-refractivity contribution is -0.0262. The number of piperidine rings is 1. The van der Waals surface area contributed by atoms with E-state index >= 15 is 0 Å². The molecule has 0 radical (unpaired) electrons. The van der Waals surface area contributed by atoms with Crippen molar-refractivity contribution in [3.05, 3.63) is 132 Å². The Kier molecular flexibility index (Phi) is 7.51. The van der Waals surface area contributed by atoms with Crippen LogP contribution < -0.4 is 0 Å². The van der Waals surface area contributed by atoms with Crippen molar-refractivity contribution >= 4 is 0 Å². The first-order valence-electron chi connectivity index (χ1n) is 13.3. The zero-order chi connectivity index (χ0) is 25.6. The highest BCUT2D eigenvalue weighted by atomic mass is 16.3. The van der Waals surface area contributed by atoms with Crippen molar-refractivity contribution in [2.45, 2.75) is 36.7 Å². The highest BCUT2D eigenvalue weighted by Crippen LogP contribution is 2.37. The van der Waals surface area contributed by atoms with Crippen molar-refractivity contribution in [1.82, 2.24) is 4.90 Å². The number of nitriles is 1. The zero-order valence-electron chi connectivity index (χ0n) is 21.3. The van der Waals surface area contributed by atoms with Crippen molar-refractivity contribution in [1.29, 1.82) is 5.26 Å². The summed E-state index contributed by atoms with van der Waals surface area (Å²) in [5.41, 5.74) is 4.03. The molecule has 5 rings (SSSR count). The average Bonchev–Trinajstić information content (AvgIpc) is 2.98. The van der Waals surface area contributed by atoms with Gasteiger partial charge >= 0.3 is 0 Å². The maximum absolute atomic E-state index is 11.4. The molecule has 1 aliphatic rings. The molecule has 0 atom stereocenters. The van der Waals surface area contributed by atoms with Crippen LogP contribution >= 0.6 is 0 Å². The van der Waals surface area contributed by atoms with E-state index < -0.39 is 11.0 Å². The van der Waals surface area contributed by atoms with Gasteiger partial charge in [-0.1, -0.05) is 115 Å². The highest BCUT2D eigenvalue weighted by molar-refractivity contribution is 5.63. The summed E-state index contributed by atoms with van der Waals surface area (Å²) in [5, 5.41) is 21.9. The minimum atomic E-state index is -0.782. The second kappa shape index (κ2) is 11.1. The number of hydrogen-bond donors (Lipinski definition) is 1. The van der Waals surface area contributed by atoms with Crippen LogP contribution in [0, 0.1) is 11.3 Å². The number of rotatable bonds is 8. The van der Waals surface area contributed by atoms with Crippen molar-refractivity contribution in [3.8, 4) is 17.2 Å². The summed E-state index contributed by atoms with van der Waals surface area (Å²) in [5.74, 6) is 0. The molecule has 0 unspecified atom stereocenters. The molecule has 3 nitrogen and oxygen atoms in total. The predicted molar refractivity (Wildman–Crippen MR) is 150 cm³/mol. The van der Waals surface area contributed by atoms with Gasteiger partial charge in [-0.05, 0) is 60.0 Å². The molecule has 1 N–H and O–H groups in total. The molecular weight excluding hydrogens is 452 g/mol. The van der Waals surface area contributed by atoms with Gasteiger partial charge in [0.15, 0.2) is 0 Å². The summed E-state index contributed by atoms with van der Waals surface area (Å²) in [6.45, 7) is 2.63. The lowest BCUT2D eigenvalue weighted by Crippen LogP contribution is -2.43. The number of hydrogen-bond acceptors (Lipinski definition) is 3. The van der Waals surface area contributed by atoms with Gasteiger partial charge in [0.2, 0.25) is 0 Å². The Labute approximate surface area is 220 Å². The Bertz CT molecular complexity index is 1260. The maximum Gasteiger partial charge on any atom is 0.107 e. The third-order valence-electron chi connectivity index (χ3n) is 7.96. The van der Waals surface area contributed by atoms with Gasteiger partial charge in [-0.2, -0.15) is 5.26 Å². The van der Waals surface area contributed by atoms with E-state index in [-0.39, 0.29) is 0 Å². The van der Waals surface area contributed by atoms with Gasteiger partial charge in [0.05, 0.1) is 11.7 Å². The van der Waals surface area contributed by atoms with E-state index in [1.165, 1.54) is 11.1 Å². The monoisotopic (exact) mass is 486 g/mol. The smallest absolute Gasteiger partial charge is 0.107 e. The Morgan fingerprint density at radius 3 is 1.70 bits per heavy atom. The lowest BCUT2D eigenvalue weighted by atomic mass is 9.72. The fraction of sp³-hybridized carbons (Fsp3) is 0.265. The van der Waals surface area contributed by atoms with Crippen LogP contribution in [-0.2, 0) is 11.0 Å². The SMILES string of the molecule is N#CC(CCCN1CCC(O)(c2ccc(-c3ccccc3)cc2)CC1)(c1ccccc1)c1ccccc1. The fourth-order valence-electron chi connectivity index (χ4n) is 5.69. The van der Waals surface area contributed by atoms with Gasteiger partial charge in [-0.3, -0.25) is 0 Å². The molecule has 0 bridgehead atoms. The summed E-state index contributed by atoms with van der Waals surface area (Å²) in [7, 11) is 0. The molecule has 0 aliphatic carbocycles. The summed E-state index contributed by atoms with van der Waals surface area (Å²) < 4.78 is 0. The molecule has 4 aromatic carbocycles. The maximum atomic E-state index is 11.4. The van der Waals surface area contributed by atoms with Gasteiger partial charge in [0, 0.05) is 13.1 Å². The lowest BCUT2D eigenvalue weighted by Gasteiger charge is -2.39. The summed E-state index contributed by atoms with van der Waals surface area (Å²) >= 11 is 0. The van der Waals surface area contributed by atoms with E-state index in [2.05, 4.69) is 71.6 Å². The summed E-state index contributed by atoms with van der Waals surface area (Å²) in [6, 6.07) is 41.8. The molecule has 186 valence electrons. The minimum Gasteiger partial charge on any atom is -0.385 e. The fourth-order valence-corrected chi connectivity index (χ4v) is 5.69. The normalized spacial score (nSPS) is 15.7. The first-order valence-corrected chi connectivity index (χ1v) is 13.3. The van der Waals surface area contributed by atoms with Crippen molar-refractivity contribution in [3.63, 3.8) is 0 Å². The number of nitrogens with zero attached hydrogens (tertiary/aromatic N) is 2. The largest absolute Gasteiger partial charge is 0.385 e. The van der Waals surface area contributed by atoms with Crippen LogP contribution in [0.5, 0.6) is 0 Å². The predicted octanol–water partition coefficient (Wildman–Crippen LogP) is 6.93. The van der Waals surface area contributed by atoms with E-state index in [1.54, 1.807) is 0 Å². The zero-order valence-corrected chi connectivity index (χ0v) is 21.3. The topological polar surface area (TPSA) is 47.3 Å². The van der Waals surface area contributed by atoms with Gasteiger partial charge < -0.3 is 10.0 Å². The molecule has 1 heterocycles. The molecule has 37 heavy (non-hydrogen) atoms. The van der Waals surface area contributed by atoms with Crippen LogP contribution in [0.1, 0.15) is 42.4 Å². The molecule has 4 aromatic rings. The Morgan fingerprint density at radius 2 is 1.19 bits per heavy atom. The first-order chi connectivity index (χ1) is 18.1. The van der Waals surface area contributed by atoms with E-state index in [1.807, 2.05) is 54.6 Å². The van der Waals surface area contributed by atoms with Crippen molar-refractivity contribution in [2.24, 2.45) is 0 Å². The van der Waals surface area contributed by atoms with E-state index in [0.717, 1.165) is 62.0 Å². The van der Waals surface area contributed by atoms with Crippen LogP contribution in [0.2, 0.25) is 0 Å². The molecule has 1 fully saturated rings. The van der Waals surface area contributed by atoms with Crippen LogP contribution in [-0.4, -0.2) is 29.6 Å². The number of likely N-dealkylation sites (tertiary alicyclic amines) is 1. The van der Waals surface area contributed by atoms with Crippen LogP contribution in [0.4, 0.5) is 0 Å². The van der Waals surface area contributed by atoms with E-state index in [0.29, 0.717) is 0 Å². The third-order valence-corrected chi connectivity index (χ3v) is 7.96.